The molecule has 4 nitrogen and oxygen atoms in total. The van der Waals surface area contributed by atoms with Gasteiger partial charge in [0.1, 0.15) is 0 Å². The molecule has 38 heavy (non-hydrogen) atoms. The maximum Gasteiger partial charge on any atom is 0.308 e. The van der Waals surface area contributed by atoms with Crippen LogP contribution in [0.15, 0.2) is 0 Å². The predicted molar refractivity (Wildman–Crippen MR) is 164 cm³/mol. The predicted octanol–water partition coefficient (Wildman–Crippen LogP) is 9.61. The van der Waals surface area contributed by atoms with Crippen LogP contribution in [0.2, 0.25) is 0 Å². The number of carbonyl (C=O) groups excluding carboxylic acids is 1. The maximum atomic E-state index is 12.9. The fourth-order valence-corrected chi connectivity index (χ4v) is 6.13. The molecule has 0 aromatic carbocycles. The molecule has 1 aliphatic rings. The van der Waals surface area contributed by atoms with Crippen LogP contribution in [-0.4, -0.2) is 47.8 Å². The fraction of sp³-hybridized carbons (Fsp3) is 0.971. The average molecular weight is 538 g/mol. The summed E-state index contributed by atoms with van der Waals surface area (Å²) in [6.07, 6.45) is 28.7. The number of nitrogens with zero attached hydrogens (tertiary/aromatic N) is 1. The summed E-state index contributed by atoms with van der Waals surface area (Å²) in [6.45, 7) is 9.59. The number of aliphatic hydroxyl groups excluding tert-OH is 1. The van der Waals surface area contributed by atoms with E-state index < -0.39 is 0 Å². The number of unbranched alkanes of at least 4 members (excludes halogenated alkanes) is 14. The topological polar surface area (TPSA) is 49.8 Å². The van der Waals surface area contributed by atoms with Crippen molar-refractivity contribution in [2.75, 3.05) is 19.7 Å². The van der Waals surface area contributed by atoms with Gasteiger partial charge in [-0.2, -0.15) is 0 Å². The van der Waals surface area contributed by atoms with Gasteiger partial charge in [0.2, 0.25) is 0 Å². The van der Waals surface area contributed by atoms with Gasteiger partial charge in [-0.25, -0.2) is 0 Å². The first-order valence-corrected chi connectivity index (χ1v) is 17.2. The van der Waals surface area contributed by atoms with E-state index in [2.05, 4.69) is 25.7 Å². The monoisotopic (exact) mass is 538 g/mol. The average Bonchev–Trinajstić information content (AvgIpc) is 2.92. The van der Waals surface area contributed by atoms with Crippen molar-refractivity contribution in [3.8, 4) is 0 Å². The summed E-state index contributed by atoms with van der Waals surface area (Å²) >= 11 is 0. The molecular formula is C34H67NO3. The quantitative estimate of drug-likeness (QED) is 0.0881. The number of aliphatic hydroxyl groups is 1. The Morgan fingerprint density at radius 2 is 1.16 bits per heavy atom. The largest absolute Gasteiger partial charge is 0.465 e. The van der Waals surface area contributed by atoms with Crippen LogP contribution in [0.4, 0.5) is 0 Å². The lowest BCUT2D eigenvalue weighted by atomic mass is 9.91. The Morgan fingerprint density at radius 1 is 0.684 bits per heavy atom. The van der Waals surface area contributed by atoms with Gasteiger partial charge in [0.15, 0.2) is 0 Å². The minimum atomic E-state index is -0.138. The Hall–Kier alpha value is -0.610. The van der Waals surface area contributed by atoms with Gasteiger partial charge >= 0.3 is 5.97 Å². The van der Waals surface area contributed by atoms with Crippen molar-refractivity contribution in [1.82, 2.24) is 4.90 Å². The lowest BCUT2D eigenvalue weighted by molar-refractivity contribution is -0.149. The molecule has 0 spiro atoms. The van der Waals surface area contributed by atoms with Crippen LogP contribution in [-0.2, 0) is 9.53 Å². The SMILES string of the molecule is CCCCCCCCC(CCCCCC)C(=O)OCCCCCCN(CCCCCC)C1CCCCC1O. The van der Waals surface area contributed by atoms with E-state index in [1.54, 1.807) is 0 Å². The van der Waals surface area contributed by atoms with Crippen molar-refractivity contribution in [2.24, 2.45) is 5.92 Å². The summed E-state index contributed by atoms with van der Waals surface area (Å²) in [5.74, 6) is 0.181. The van der Waals surface area contributed by atoms with Crippen molar-refractivity contribution in [3.05, 3.63) is 0 Å². The summed E-state index contributed by atoms with van der Waals surface area (Å²) in [4.78, 5) is 15.5. The number of esters is 1. The third kappa shape index (κ3) is 17.9. The molecule has 0 saturated heterocycles. The van der Waals surface area contributed by atoms with E-state index in [0.717, 1.165) is 58.0 Å². The Labute approximate surface area is 238 Å². The molecule has 0 radical (unpaired) electrons. The number of hydrogen-bond acceptors (Lipinski definition) is 4. The Bertz CT molecular complexity index is 526. The highest BCUT2D eigenvalue weighted by atomic mass is 16.5. The first-order chi connectivity index (χ1) is 18.6. The fourth-order valence-electron chi connectivity index (χ4n) is 6.13. The molecule has 1 rings (SSSR count). The molecule has 0 aliphatic heterocycles. The van der Waals surface area contributed by atoms with E-state index in [1.807, 2.05) is 0 Å². The summed E-state index contributed by atoms with van der Waals surface area (Å²) in [7, 11) is 0. The zero-order chi connectivity index (χ0) is 27.7. The van der Waals surface area contributed by atoms with E-state index in [4.69, 9.17) is 4.74 Å². The molecule has 1 aliphatic carbocycles. The minimum absolute atomic E-state index is 0.0691. The zero-order valence-electron chi connectivity index (χ0n) is 26.0. The van der Waals surface area contributed by atoms with Crippen LogP contribution < -0.4 is 0 Å². The maximum absolute atomic E-state index is 12.9. The number of rotatable bonds is 26. The molecule has 1 fully saturated rings. The van der Waals surface area contributed by atoms with E-state index >= 15 is 0 Å². The minimum Gasteiger partial charge on any atom is -0.465 e. The molecule has 1 saturated carbocycles. The smallest absolute Gasteiger partial charge is 0.308 e. The molecule has 1 N–H and O–H groups in total. The van der Waals surface area contributed by atoms with E-state index in [9.17, 15) is 9.90 Å². The zero-order valence-corrected chi connectivity index (χ0v) is 26.0. The van der Waals surface area contributed by atoms with Gasteiger partial charge in [-0.05, 0) is 58.0 Å². The molecule has 0 heterocycles. The van der Waals surface area contributed by atoms with Crippen LogP contribution in [0.1, 0.15) is 175 Å². The Kier molecular flexibility index (Phi) is 23.6. The first-order valence-electron chi connectivity index (χ1n) is 17.2. The highest BCUT2D eigenvalue weighted by Crippen LogP contribution is 2.25. The summed E-state index contributed by atoms with van der Waals surface area (Å²) < 4.78 is 5.79. The standard InChI is InChI=1S/C34H67NO3/c1-4-7-10-13-14-18-25-31(24-17-11-8-5-2)34(37)38-30-23-16-15-22-29-35(28-21-12-9-6-3)32-26-19-20-27-33(32)36/h31-33,36H,4-30H2,1-3H3. The molecule has 4 heteroatoms. The van der Waals surface area contributed by atoms with Crippen LogP contribution >= 0.6 is 0 Å². The molecule has 226 valence electrons. The number of hydrogen-bond donors (Lipinski definition) is 1. The molecule has 0 aromatic rings. The number of carbonyl (C=O) groups is 1. The molecule has 3 unspecified atom stereocenters. The highest BCUT2D eigenvalue weighted by molar-refractivity contribution is 5.72. The summed E-state index contributed by atoms with van der Waals surface area (Å²) in [6, 6.07) is 0.368. The molecule has 0 aromatic heterocycles. The van der Waals surface area contributed by atoms with Crippen LogP contribution in [0.5, 0.6) is 0 Å². The van der Waals surface area contributed by atoms with Gasteiger partial charge < -0.3 is 9.84 Å². The Balaban J connectivity index is 2.29. The van der Waals surface area contributed by atoms with Crippen molar-refractivity contribution in [3.63, 3.8) is 0 Å². The van der Waals surface area contributed by atoms with E-state index in [-0.39, 0.29) is 18.0 Å². The number of ether oxygens (including phenoxy) is 1. The molecule has 0 amide bonds. The molecular weight excluding hydrogens is 470 g/mol. The first kappa shape index (κ1) is 35.4. The van der Waals surface area contributed by atoms with E-state index in [0.29, 0.717) is 12.6 Å². The van der Waals surface area contributed by atoms with Crippen LogP contribution in [0, 0.1) is 5.92 Å². The molecule has 3 atom stereocenters. The van der Waals surface area contributed by atoms with Gasteiger partial charge in [-0.1, -0.05) is 130 Å². The van der Waals surface area contributed by atoms with Crippen molar-refractivity contribution >= 4 is 5.97 Å². The Morgan fingerprint density at radius 3 is 1.76 bits per heavy atom. The lowest BCUT2D eigenvalue weighted by Gasteiger charge is -2.38. The third-order valence-corrected chi connectivity index (χ3v) is 8.69. The lowest BCUT2D eigenvalue weighted by Crippen LogP contribution is -2.46. The van der Waals surface area contributed by atoms with Gasteiger partial charge in [0, 0.05) is 6.04 Å². The second-order valence-corrected chi connectivity index (χ2v) is 12.2. The second kappa shape index (κ2) is 25.4. The normalized spacial score (nSPS) is 18.7. The third-order valence-electron chi connectivity index (χ3n) is 8.69. The van der Waals surface area contributed by atoms with Crippen molar-refractivity contribution in [2.45, 2.75) is 187 Å². The van der Waals surface area contributed by atoms with Gasteiger partial charge in [-0.15, -0.1) is 0 Å². The molecule has 0 bridgehead atoms. The van der Waals surface area contributed by atoms with Gasteiger partial charge in [-0.3, -0.25) is 9.69 Å². The second-order valence-electron chi connectivity index (χ2n) is 12.2. The van der Waals surface area contributed by atoms with Gasteiger partial charge in [0.05, 0.1) is 18.6 Å². The van der Waals surface area contributed by atoms with Crippen LogP contribution in [0.3, 0.4) is 0 Å². The van der Waals surface area contributed by atoms with Crippen molar-refractivity contribution < 1.29 is 14.6 Å². The summed E-state index contributed by atoms with van der Waals surface area (Å²) in [5.41, 5.74) is 0. The van der Waals surface area contributed by atoms with Gasteiger partial charge in [0.25, 0.3) is 0 Å². The summed E-state index contributed by atoms with van der Waals surface area (Å²) in [5, 5.41) is 10.6. The van der Waals surface area contributed by atoms with Crippen molar-refractivity contribution in [1.29, 1.82) is 0 Å². The highest BCUT2D eigenvalue weighted by Gasteiger charge is 2.28. The van der Waals surface area contributed by atoms with Crippen LogP contribution in [0.25, 0.3) is 0 Å². The van der Waals surface area contributed by atoms with E-state index in [1.165, 1.54) is 109 Å².